The van der Waals surface area contributed by atoms with Crippen LogP contribution in [-0.2, 0) is 6.54 Å². The Balaban J connectivity index is 1.76. The summed E-state index contributed by atoms with van der Waals surface area (Å²) in [4.78, 5) is 0. The third-order valence-corrected chi connectivity index (χ3v) is 3.77. The Morgan fingerprint density at radius 3 is 2.87 bits per heavy atom. The molecule has 0 bridgehead atoms. The molecule has 0 spiro atoms. The molecule has 1 N–H and O–H groups in total. The summed E-state index contributed by atoms with van der Waals surface area (Å²) in [6.45, 7) is 5.69. The topological polar surface area (TPSA) is 25.2 Å². The fraction of sp³-hybridized carbons (Fsp3) is 0.692. The van der Waals surface area contributed by atoms with Crippen LogP contribution in [0.15, 0.2) is 23.0 Å². The molecular weight excluding hydrogens is 186 g/mol. The van der Waals surface area contributed by atoms with Gasteiger partial charge in [0.05, 0.1) is 12.5 Å². The Labute approximate surface area is 92.1 Å². The fourth-order valence-electron chi connectivity index (χ4n) is 2.39. The lowest BCUT2D eigenvalue weighted by Gasteiger charge is -2.32. The predicted octanol–water partition coefficient (Wildman–Crippen LogP) is 3.19. The van der Waals surface area contributed by atoms with Gasteiger partial charge in [0.2, 0.25) is 0 Å². The first-order chi connectivity index (χ1) is 7.25. The molecule has 1 fully saturated rings. The molecule has 15 heavy (non-hydrogen) atoms. The number of rotatable bonds is 3. The molecule has 0 aliphatic heterocycles. The molecule has 1 aromatic heterocycles. The Hall–Kier alpha value is -0.760. The van der Waals surface area contributed by atoms with E-state index in [9.17, 15) is 0 Å². The maximum Gasteiger partial charge on any atom is 0.0947 e. The highest BCUT2D eigenvalue weighted by molar-refractivity contribution is 5.04. The second kappa shape index (κ2) is 4.84. The van der Waals surface area contributed by atoms with Crippen LogP contribution >= 0.6 is 0 Å². The first-order valence-electron chi connectivity index (χ1n) is 6.00. The molecule has 0 amide bonds. The van der Waals surface area contributed by atoms with Crippen molar-refractivity contribution in [2.75, 3.05) is 0 Å². The van der Waals surface area contributed by atoms with Gasteiger partial charge in [0, 0.05) is 18.2 Å². The molecule has 2 nitrogen and oxygen atoms in total. The number of hydrogen-bond donors (Lipinski definition) is 1. The van der Waals surface area contributed by atoms with Gasteiger partial charge in [0.15, 0.2) is 0 Å². The van der Waals surface area contributed by atoms with Crippen LogP contribution < -0.4 is 5.32 Å². The lowest BCUT2D eigenvalue weighted by molar-refractivity contribution is 0.225. The summed E-state index contributed by atoms with van der Waals surface area (Å²) in [5, 5.41) is 3.61. The zero-order chi connectivity index (χ0) is 10.7. The van der Waals surface area contributed by atoms with Crippen LogP contribution in [0.25, 0.3) is 0 Å². The maximum atomic E-state index is 5.05. The highest BCUT2D eigenvalue weighted by atomic mass is 16.3. The van der Waals surface area contributed by atoms with Gasteiger partial charge in [-0.15, -0.1) is 0 Å². The van der Waals surface area contributed by atoms with E-state index in [0.29, 0.717) is 6.04 Å². The van der Waals surface area contributed by atoms with E-state index >= 15 is 0 Å². The summed E-state index contributed by atoms with van der Waals surface area (Å²) in [5.74, 6) is 1.76. The molecule has 2 rings (SSSR count). The van der Waals surface area contributed by atoms with E-state index in [1.54, 1.807) is 6.26 Å². The lowest BCUT2D eigenvalue weighted by Crippen LogP contribution is -2.35. The van der Waals surface area contributed by atoms with Crippen molar-refractivity contribution in [3.63, 3.8) is 0 Å². The van der Waals surface area contributed by atoms with E-state index in [4.69, 9.17) is 4.42 Å². The standard InChI is InChI=1S/C13H21NO/c1-10-3-4-13(7-11(10)2)14-8-12-5-6-15-9-12/h5-6,9-11,13-14H,3-4,7-8H2,1-2H3. The Morgan fingerprint density at radius 1 is 1.33 bits per heavy atom. The minimum Gasteiger partial charge on any atom is -0.472 e. The molecule has 1 heterocycles. The summed E-state index contributed by atoms with van der Waals surface area (Å²) in [5.41, 5.74) is 1.25. The minimum atomic E-state index is 0.700. The van der Waals surface area contributed by atoms with E-state index in [0.717, 1.165) is 18.4 Å². The summed E-state index contributed by atoms with van der Waals surface area (Å²) >= 11 is 0. The molecule has 84 valence electrons. The van der Waals surface area contributed by atoms with Crippen LogP contribution in [0.3, 0.4) is 0 Å². The van der Waals surface area contributed by atoms with Gasteiger partial charge < -0.3 is 9.73 Å². The summed E-state index contributed by atoms with van der Waals surface area (Å²) in [6, 6.07) is 2.73. The van der Waals surface area contributed by atoms with E-state index in [1.807, 2.05) is 12.3 Å². The van der Waals surface area contributed by atoms with Gasteiger partial charge in [-0.05, 0) is 37.2 Å². The van der Waals surface area contributed by atoms with Crippen LogP contribution in [-0.4, -0.2) is 6.04 Å². The van der Waals surface area contributed by atoms with Gasteiger partial charge in [-0.3, -0.25) is 0 Å². The second-order valence-electron chi connectivity index (χ2n) is 4.98. The van der Waals surface area contributed by atoms with Crippen LogP contribution in [0.2, 0.25) is 0 Å². The Morgan fingerprint density at radius 2 is 2.20 bits per heavy atom. The lowest BCUT2D eigenvalue weighted by atomic mass is 9.79. The van der Waals surface area contributed by atoms with Crippen LogP contribution in [0.1, 0.15) is 38.7 Å². The van der Waals surface area contributed by atoms with Crippen molar-refractivity contribution in [1.82, 2.24) is 5.32 Å². The molecule has 1 aromatic rings. The van der Waals surface area contributed by atoms with Gasteiger partial charge in [0.25, 0.3) is 0 Å². The molecular formula is C13H21NO. The molecule has 2 heteroatoms. The minimum absolute atomic E-state index is 0.700. The predicted molar refractivity (Wildman–Crippen MR) is 61.5 cm³/mol. The molecule has 1 aliphatic rings. The van der Waals surface area contributed by atoms with Crippen molar-refractivity contribution in [3.8, 4) is 0 Å². The van der Waals surface area contributed by atoms with E-state index in [2.05, 4.69) is 19.2 Å². The quantitative estimate of drug-likeness (QED) is 0.823. The van der Waals surface area contributed by atoms with Crippen molar-refractivity contribution in [2.45, 2.75) is 45.7 Å². The van der Waals surface area contributed by atoms with Gasteiger partial charge in [-0.1, -0.05) is 13.8 Å². The van der Waals surface area contributed by atoms with Crippen molar-refractivity contribution < 1.29 is 4.42 Å². The molecule has 1 saturated carbocycles. The SMILES string of the molecule is CC1CCC(NCc2ccoc2)CC1C. The van der Waals surface area contributed by atoms with Gasteiger partial charge >= 0.3 is 0 Å². The third-order valence-electron chi connectivity index (χ3n) is 3.77. The monoisotopic (exact) mass is 207 g/mol. The highest BCUT2D eigenvalue weighted by Gasteiger charge is 2.23. The molecule has 0 saturated heterocycles. The van der Waals surface area contributed by atoms with Gasteiger partial charge in [-0.2, -0.15) is 0 Å². The number of nitrogens with one attached hydrogen (secondary N) is 1. The smallest absolute Gasteiger partial charge is 0.0947 e. The zero-order valence-corrected chi connectivity index (χ0v) is 9.70. The number of furan rings is 1. The second-order valence-corrected chi connectivity index (χ2v) is 4.98. The molecule has 1 aliphatic carbocycles. The van der Waals surface area contributed by atoms with Crippen LogP contribution in [0.4, 0.5) is 0 Å². The Kier molecular flexibility index (Phi) is 3.47. The van der Waals surface area contributed by atoms with Crippen molar-refractivity contribution in [3.05, 3.63) is 24.2 Å². The van der Waals surface area contributed by atoms with E-state index < -0.39 is 0 Å². The fourth-order valence-corrected chi connectivity index (χ4v) is 2.39. The molecule has 0 aromatic carbocycles. The van der Waals surface area contributed by atoms with Crippen LogP contribution in [0, 0.1) is 11.8 Å². The summed E-state index contributed by atoms with van der Waals surface area (Å²) in [6.07, 6.45) is 7.57. The third kappa shape index (κ3) is 2.85. The molecule has 3 atom stereocenters. The maximum absolute atomic E-state index is 5.05. The Bertz CT molecular complexity index is 281. The van der Waals surface area contributed by atoms with Crippen molar-refractivity contribution >= 4 is 0 Å². The largest absolute Gasteiger partial charge is 0.472 e. The van der Waals surface area contributed by atoms with Crippen molar-refractivity contribution in [1.29, 1.82) is 0 Å². The summed E-state index contributed by atoms with van der Waals surface area (Å²) in [7, 11) is 0. The summed E-state index contributed by atoms with van der Waals surface area (Å²) < 4.78 is 5.05. The van der Waals surface area contributed by atoms with Gasteiger partial charge in [0.1, 0.15) is 0 Å². The molecule has 3 unspecified atom stereocenters. The first kappa shape index (κ1) is 10.7. The first-order valence-corrected chi connectivity index (χ1v) is 6.00. The number of hydrogen-bond acceptors (Lipinski definition) is 2. The van der Waals surface area contributed by atoms with Gasteiger partial charge in [-0.25, -0.2) is 0 Å². The average molecular weight is 207 g/mol. The average Bonchev–Trinajstić information content (AvgIpc) is 2.73. The normalized spacial score (nSPS) is 31.7. The van der Waals surface area contributed by atoms with Crippen molar-refractivity contribution in [2.24, 2.45) is 11.8 Å². The molecule has 0 radical (unpaired) electrons. The highest BCUT2D eigenvalue weighted by Crippen LogP contribution is 2.29. The van der Waals surface area contributed by atoms with E-state index in [-0.39, 0.29) is 0 Å². The van der Waals surface area contributed by atoms with Crippen LogP contribution in [0.5, 0.6) is 0 Å². The zero-order valence-electron chi connectivity index (χ0n) is 9.70. The van der Waals surface area contributed by atoms with E-state index in [1.165, 1.54) is 24.8 Å².